The van der Waals surface area contributed by atoms with Crippen molar-refractivity contribution in [1.29, 1.82) is 0 Å². The minimum Gasteiger partial charge on any atom is -0.497 e. The van der Waals surface area contributed by atoms with Crippen molar-refractivity contribution in [2.75, 3.05) is 7.11 Å². The maximum atomic E-state index is 5.91. The normalized spacial score (nSPS) is 10.4. The lowest BCUT2D eigenvalue weighted by atomic mass is 10.2. The molecule has 0 aliphatic heterocycles. The van der Waals surface area contributed by atoms with Crippen LogP contribution in [0.3, 0.4) is 0 Å². The maximum absolute atomic E-state index is 5.91. The minimum atomic E-state index is 0.438. The molecule has 0 amide bonds. The van der Waals surface area contributed by atoms with Gasteiger partial charge in [-0.3, -0.25) is 0 Å². The van der Waals surface area contributed by atoms with Crippen LogP contribution in [0.25, 0.3) is 0 Å². The standard InChI is InChI=1S/C15H15Br2NO2/c1-19-12-5-6-13(16)11(7-12)9-20-15-10(8-18)3-2-4-14(15)17/h2-7H,8-9,18H2,1H3. The molecule has 0 unspecified atom stereocenters. The van der Waals surface area contributed by atoms with E-state index < -0.39 is 0 Å². The van der Waals surface area contributed by atoms with Gasteiger partial charge in [0.1, 0.15) is 18.1 Å². The van der Waals surface area contributed by atoms with E-state index in [4.69, 9.17) is 15.2 Å². The first-order valence-electron chi connectivity index (χ1n) is 6.08. The molecular formula is C15H15Br2NO2. The number of hydrogen-bond acceptors (Lipinski definition) is 3. The molecule has 0 aromatic heterocycles. The third kappa shape index (κ3) is 3.53. The average Bonchev–Trinajstić information content (AvgIpc) is 2.47. The second-order valence-corrected chi connectivity index (χ2v) is 5.89. The van der Waals surface area contributed by atoms with Gasteiger partial charge in [-0.2, -0.15) is 0 Å². The molecule has 0 aliphatic rings. The number of hydrogen-bond donors (Lipinski definition) is 1. The van der Waals surface area contributed by atoms with E-state index in [1.807, 2.05) is 36.4 Å². The Morgan fingerprint density at radius 2 is 1.85 bits per heavy atom. The Balaban J connectivity index is 2.21. The van der Waals surface area contributed by atoms with Gasteiger partial charge in [-0.25, -0.2) is 0 Å². The molecule has 0 spiro atoms. The van der Waals surface area contributed by atoms with Crippen molar-refractivity contribution in [3.05, 3.63) is 56.5 Å². The van der Waals surface area contributed by atoms with E-state index in [1.54, 1.807) is 7.11 Å². The fourth-order valence-electron chi connectivity index (χ4n) is 1.81. The molecule has 2 aromatic rings. The van der Waals surface area contributed by atoms with Crippen LogP contribution in [0.15, 0.2) is 45.3 Å². The zero-order valence-electron chi connectivity index (χ0n) is 11.0. The summed E-state index contributed by atoms with van der Waals surface area (Å²) in [5, 5.41) is 0. The lowest BCUT2D eigenvalue weighted by Gasteiger charge is -2.13. The Kier molecular flexibility index (Phi) is 5.46. The summed E-state index contributed by atoms with van der Waals surface area (Å²) in [6, 6.07) is 11.6. The molecule has 0 heterocycles. The fraction of sp³-hybridized carbons (Fsp3) is 0.200. The number of rotatable bonds is 5. The van der Waals surface area contributed by atoms with E-state index in [0.29, 0.717) is 13.2 Å². The minimum absolute atomic E-state index is 0.438. The number of benzene rings is 2. The van der Waals surface area contributed by atoms with Crippen LogP contribution in [-0.2, 0) is 13.2 Å². The van der Waals surface area contributed by atoms with E-state index in [0.717, 1.165) is 31.6 Å². The van der Waals surface area contributed by atoms with Crippen molar-refractivity contribution in [3.63, 3.8) is 0 Å². The highest BCUT2D eigenvalue weighted by Gasteiger charge is 2.09. The fourth-order valence-corrected chi connectivity index (χ4v) is 2.70. The zero-order valence-corrected chi connectivity index (χ0v) is 14.2. The first-order chi connectivity index (χ1) is 9.65. The van der Waals surface area contributed by atoms with Gasteiger partial charge in [0.15, 0.2) is 0 Å². The predicted molar refractivity (Wildman–Crippen MR) is 87.1 cm³/mol. The largest absolute Gasteiger partial charge is 0.497 e. The van der Waals surface area contributed by atoms with Crippen molar-refractivity contribution in [3.8, 4) is 11.5 Å². The van der Waals surface area contributed by atoms with Crippen LogP contribution >= 0.6 is 31.9 Å². The van der Waals surface area contributed by atoms with Crippen LogP contribution in [0.4, 0.5) is 0 Å². The van der Waals surface area contributed by atoms with Crippen molar-refractivity contribution >= 4 is 31.9 Å². The molecular weight excluding hydrogens is 386 g/mol. The smallest absolute Gasteiger partial charge is 0.138 e. The zero-order chi connectivity index (χ0) is 14.5. The molecule has 20 heavy (non-hydrogen) atoms. The highest BCUT2D eigenvalue weighted by molar-refractivity contribution is 9.10. The molecule has 0 fully saturated rings. The predicted octanol–water partition coefficient (Wildman–Crippen LogP) is 4.26. The first kappa shape index (κ1) is 15.4. The van der Waals surface area contributed by atoms with Gasteiger partial charge in [-0.1, -0.05) is 28.1 Å². The molecule has 0 atom stereocenters. The SMILES string of the molecule is COc1ccc(Br)c(COc2c(Br)cccc2CN)c1. The third-order valence-electron chi connectivity index (χ3n) is 2.89. The van der Waals surface area contributed by atoms with E-state index in [9.17, 15) is 0 Å². The van der Waals surface area contributed by atoms with E-state index >= 15 is 0 Å². The summed E-state index contributed by atoms with van der Waals surface area (Å²) in [5.74, 6) is 1.59. The van der Waals surface area contributed by atoms with Crippen molar-refractivity contribution in [2.24, 2.45) is 5.73 Å². The number of methoxy groups -OCH3 is 1. The molecule has 0 aliphatic carbocycles. The molecule has 0 radical (unpaired) electrons. The van der Waals surface area contributed by atoms with Crippen LogP contribution in [0.1, 0.15) is 11.1 Å². The molecule has 2 aromatic carbocycles. The van der Waals surface area contributed by atoms with Gasteiger partial charge >= 0.3 is 0 Å². The highest BCUT2D eigenvalue weighted by Crippen LogP contribution is 2.31. The Morgan fingerprint density at radius 1 is 1.05 bits per heavy atom. The number of nitrogens with two attached hydrogens (primary N) is 1. The van der Waals surface area contributed by atoms with E-state index in [2.05, 4.69) is 31.9 Å². The third-order valence-corrected chi connectivity index (χ3v) is 4.29. The number of halogens is 2. The highest BCUT2D eigenvalue weighted by atomic mass is 79.9. The van der Waals surface area contributed by atoms with Crippen molar-refractivity contribution in [1.82, 2.24) is 0 Å². The molecule has 106 valence electrons. The van der Waals surface area contributed by atoms with Gasteiger partial charge in [-0.05, 0) is 40.2 Å². The van der Waals surface area contributed by atoms with Crippen LogP contribution in [-0.4, -0.2) is 7.11 Å². The number of para-hydroxylation sites is 1. The van der Waals surface area contributed by atoms with Crippen LogP contribution in [0.2, 0.25) is 0 Å². The molecule has 0 saturated heterocycles. The Bertz CT molecular complexity index is 602. The van der Waals surface area contributed by atoms with E-state index in [-0.39, 0.29) is 0 Å². The number of ether oxygens (including phenoxy) is 2. The summed E-state index contributed by atoms with van der Waals surface area (Å²) in [6.07, 6.45) is 0. The van der Waals surface area contributed by atoms with E-state index in [1.165, 1.54) is 0 Å². The van der Waals surface area contributed by atoms with Gasteiger partial charge in [0.2, 0.25) is 0 Å². The molecule has 0 saturated carbocycles. The van der Waals surface area contributed by atoms with Crippen LogP contribution in [0, 0.1) is 0 Å². The summed E-state index contributed by atoms with van der Waals surface area (Å²) in [6.45, 7) is 0.876. The van der Waals surface area contributed by atoms with Gasteiger partial charge in [0.25, 0.3) is 0 Å². The molecule has 5 heteroatoms. The van der Waals surface area contributed by atoms with Crippen LogP contribution in [0.5, 0.6) is 11.5 Å². The second-order valence-electron chi connectivity index (χ2n) is 4.18. The lowest BCUT2D eigenvalue weighted by molar-refractivity contribution is 0.299. The van der Waals surface area contributed by atoms with Crippen LogP contribution < -0.4 is 15.2 Å². The maximum Gasteiger partial charge on any atom is 0.138 e. The summed E-state index contributed by atoms with van der Waals surface area (Å²) in [7, 11) is 1.65. The molecule has 3 nitrogen and oxygen atoms in total. The lowest BCUT2D eigenvalue weighted by Crippen LogP contribution is -2.04. The topological polar surface area (TPSA) is 44.5 Å². The van der Waals surface area contributed by atoms with Gasteiger partial charge < -0.3 is 15.2 Å². The van der Waals surface area contributed by atoms with Gasteiger partial charge in [-0.15, -0.1) is 0 Å². The summed E-state index contributed by atoms with van der Waals surface area (Å²) < 4.78 is 13.0. The molecule has 2 rings (SSSR count). The second kappa shape index (κ2) is 7.11. The molecule has 2 N–H and O–H groups in total. The van der Waals surface area contributed by atoms with Crippen molar-refractivity contribution in [2.45, 2.75) is 13.2 Å². The Labute approximate surface area is 135 Å². The Morgan fingerprint density at radius 3 is 2.55 bits per heavy atom. The summed E-state index contributed by atoms with van der Waals surface area (Å²) >= 11 is 7.01. The van der Waals surface area contributed by atoms with Crippen molar-refractivity contribution < 1.29 is 9.47 Å². The quantitative estimate of drug-likeness (QED) is 0.815. The molecule has 0 bridgehead atoms. The monoisotopic (exact) mass is 399 g/mol. The van der Waals surface area contributed by atoms with Gasteiger partial charge in [0.05, 0.1) is 11.6 Å². The van der Waals surface area contributed by atoms with Gasteiger partial charge in [0, 0.05) is 22.1 Å². The summed E-state index contributed by atoms with van der Waals surface area (Å²) in [5.41, 5.74) is 7.72. The summed E-state index contributed by atoms with van der Waals surface area (Å²) in [4.78, 5) is 0. The average molecular weight is 401 g/mol. The first-order valence-corrected chi connectivity index (χ1v) is 7.67. The Hall–Kier alpha value is -1.04.